The number of nitrogens with zero attached hydrogens (tertiary/aromatic N) is 1. The Kier molecular flexibility index (Phi) is 6.86. The van der Waals surface area contributed by atoms with E-state index in [1.54, 1.807) is 29.0 Å². The predicted molar refractivity (Wildman–Crippen MR) is 95.8 cm³/mol. The van der Waals surface area contributed by atoms with E-state index in [2.05, 4.69) is 21.2 Å². The maximum Gasteiger partial charge on any atom is 0.250 e. The van der Waals surface area contributed by atoms with Gasteiger partial charge < -0.3 is 9.88 Å². The van der Waals surface area contributed by atoms with Gasteiger partial charge in [0.25, 0.3) is 5.56 Å². The van der Waals surface area contributed by atoms with Gasteiger partial charge in [0.15, 0.2) is 0 Å². The van der Waals surface area contributed by atoms with Crippen LogP contribution in [0.5, 0.6) is 0 Å². The number of nitrogens with one attached hydrogen (secondary N) is 1. The highest BCUT2D eigenvalue weighted by molar-refractivity contribution is 9.10. The summed E-state index contributed by atoms with van der Waals surface area (Å²) < 4.78 is 2.55. The number of aromatic nitrogens is 1. The number of amides is 1. The number of aryl methyl sites for hydroxylation is 1. The molecule has 0 radical (unpaired) electrons. The molecule has 0 aliphatic carbocycles. The first-order valence-corrected chi connectivity index (χ1v) is 8.59. The number of hydrogen-bond donors (Lipinski definition) is 1. The Hall–Kier alpha value is -1.59. The lowest BCUT2D eigenvalue weighted by Gasteiger charge is -2.07. The summed E-state index contributed by atoms with van der Waals surface area (Å²) in [7, 11) is 0. The Bertz CT molecular complexity index is 713. The quantitative estimate of drug-likeness (QED) is 0.728. The van der Waals surface area contributed by atoms with E-state index in [1.807, 2.05) is 12.1 Å². The molecule has 2 aromatic rings. The normalized spacial score (nSPS) is 10.5. The van der Waals surface area contributed by atoms with E-state index in [9.17, 15) is 9.59 Å². The van der Waals surface area contributed by atoms with Crippen molar-refractivity contribution in [2.45, 2.75) is 25.8 Å². The van der Waals surface area contributed by atoms with Crippen LogP contribution in [0.15, 0.2) is 51.9 Å². The van der Waals surface area contributed by atoms with Gasteiger partial charge in [-0.2, -0.15) is 0 Å². The zero-order chi connectivity index (χ0) is 16.7. The molecule has 23 heavy (non-hydrogen) atoms. The lowest BCUT2D eigenvalue weighted by Crippen LogP contribution is -2.26. The lowest BCUT2D eigenvalue weighted by atomic mass is 10.1. The van der Waals surface area contributed by atoms with Crippen LogP contribution < -0.4 is 10.9 Å². The third-order valence-electron chi connectivity index (χ3n) is 3.37. The van der Waals surface area contributed by atoms with Crippen molar-refractivity contribution in [2.75, 3.05) is 6.54 Å². The molecule has 0 aliphatic heterocycles. The monoisotopic (exact) mass is 396 g/mol. The zero-order valence-electron chi connectivity index (χ0n) is 12.6. The fraction of sp³-hybridized carbons (Fsp3) is 0.294. The van der Waals surface area contributed by atoms with Gasteiger partial charge >= 0.3 is 0 Å². The van der Waals surface area contributed by atoms with E-state index in [4.69, 9.17) is 11.6 Å². The van der Waals surface area contributed by atoms with Gasteiger partial charge in [0, 0.05) is 34.8 Å². The number of unbranched alkanes of at least 4 members (excludes halogenated alkanes) is 1. The SMILES string of the molecule is O=C(Cc1ccc(Cl)cc1)NCCCCn1cc(Br)ccc1=O. The maximum atomic E-state index is 11.8. The lowest BCUT2D eigenvalue weighted by molar-refractivity contribution is -0.120. The molecule has 0 saturated heterocycles. The summed E-state index contributed by atoms with van der Waals surface area (Å²) in [5, 5.41) is 3.55. The second kappa shape index (κ2) is 8.89. The van der Waals surface area contributed by atoms with Gasteiger partial charge in [0.2, 0.25) is 5.91 Å². The van der Waals surface area contributed by atoms with Gasteiger partial charge in [-0.1, -0.05) is 23.7 Å². The Morgan fingerprint density at radius 1 is 1.13 bits per heavy atom. The maximum absolute atomic E-state index is 11.8. The molecule has 0 atom stereocenters. The third kappa shape index (κ3) is 6.20. The predicted octanol–water partition coefficient (Wildman–Crippen LogP) is 3.40. The van der Waals surface area contributed by atoms with E-state index in [1.165, 1.54) is 6.07 Å². The third-order valence-corrected chi connectivity index (χ3v) is 4.09. The standard InChI is InChI=1S/C17H18BrClN2O2/c18-14-5-8-17(23)21(12-14)10-2-1-9-20-16(22)11-13-3-6-15(19)7-4-13/h3-8,12H,1-2,9-11H2,(H,20,22). The number of benzene rings is 1. The Morgan fingerprint density at radius 2 is 1.87 bits per heavy atom. The highest BCUT2D eigenvalue weighted by atomic mass is 79.9. The highest BCUT2D eigenvalue weighted by Gasteiger charge is 2.03. The molecule has 0 fully saturated rings. The van der Waals surface area contributed by atoms with E-state index in [0.717, 1.165) is 22.9 Å². The topological polar surface area (TPSA) is 51.1 Å². The van der Waals surface area contributed by atoms with Crippen LogP contribution in [0.25, 0.3) is 0 Å². The summed E-state index contributed by atoms with van der Waals surface area (Å²) >= 11 is 9.16. The number of halogens is 2. The fourth-order valence-corrected chi connectivity index (χ4v) is 2.67. The van der Waals surface area contributed by atoms with E-state index in [0.29, 0.717) is 24.5 Å². The summed E-state index contributed by atoms with van der Waals surface area (Å²) in [6, 6.07) is 10.5. The van der Waals surface area contributed by atoms with Crippen molar-refractivity contribution in [1.29, 1.82) is 0 Å². The molecular formula is C17H18BrClN2O2. The zero-order valence-corrected chi connectivity index (χ0v) is 14.9. The molecule has 2 rings (SSSR count). The second-order valence-corrected chi connectivity index (χ2v) is 6.59. The largest absolute Gasteiger partial charge is 0.356 e. The molecule has 1 amide bonds. The van der Waals surface area contributed by atoms with Crippen LogP contribution >= 0.6 is 27.5 Å². The molecule has 1 heterocycles. The van der Waals surface area contributed by atoms with Gasteiger partial charge in [-0.15, -0.1) is 0 Å². The molecule has 1 aromatic heterocycles. The van der Waals surface area contributed by atoms with Crippen molar-refractivity contribution in [3.05, 3.63) is 68.0 Å². The van der Waals surface area contributed by atoms with Crippen LogP contribution in [-0.2, 0) is 17.8 Å². The minimum Gasteiger partial charge on any atom is -0.356 e. The minimum absolute atomic E-state index is 0.00746. The number of carbonyl (C=O) groups excluding carboxylic acids is 1. The molecule has 0 aliphatic rings. The number of rotatable bonds is 7. The number of carbonyl (C=O) groups is 1. The van der Waals surface area contributed by atoms with E-state index >= 15 is 0 Å². The molecule has 0 spiro atoms. The Labute approximate surface area is 148 Å². The molecule has 1 N–H and O–H groups in total. The van der Waals surface area contributed by atoms with Gasteiger partial charge in [-0.3, -0.25) is 9.59 Å². The van der Waals surface area contributed by atoms with Gasteiger partial charge in [0.05, 0.1) is 6.42 Å². The summed E-state index contributed by atoms with van der Waals surface area (Å²) in [5.74, 6) is -0.00746. The van der Waals surface area contributed by atoms with E-state index in [-0.39, 0.29) is 11.5 Å². The van der Waals surface area contributed by atoms with Crippen molar-refractivity contribution in [3.8, 4) is 0 Å². The first kappa shape index (κ1) is 17.8. The average Bonchev–Trinajstić information content (AvgIpc) is 2.52. The first-order chi connectivity index (χ1) is 11.0. The highest BCUT2D eigenvalue weighted by Crippen LogP contribution is 2.10. The summed E-state index contributed by atoms with van der Waals surface area (Å²) in [6.07, 6.45) is 3.78. The molecule has 0 bridgehead atoms. The van der Waals surface area contributed by atoms with Crippen LogP contribution in [0.1, 0.15) is 18.4 Å². The molecule has 0 saturated carbocycles. The van der Waals surface area contributed by atoms with Crippen LogP contribution in [0, 0.1) is 0 Å². The molecule has 4 nitrogen and oxygen atoms in total. The summed E-state index contributed by atoms with van der Waals surface area (Å²) in [5.41, 5.74) is 0.924. The van der Waals surface area contributed by atoms with Crippen LogP contribution in [0.3, 0.4) is 0 Å². The second-order valence-electron chi connectivity index (χ2n) is 5.24. The fourth-order valence-electron chi connectivity index (χ4n) is 2.16. The number of hydrogen-bond acceptors (Lipinski definition) is 2. The molecule has 1 aromatic carbocycles. The molecular weight excluding hydrogens is 380 g/mol. The molecule has 0 unspecified atom stereocenters. The van der Waals surface area contributed by atoms with Gasteiger partial charge in [-0.25, -0.2) is 0 Å². The van der Waals surface area contributed by atoms with Gasteiger partial charge in [0.1, 0.15) is 0 Å². The van der Waals surface area contributed by atoms with Crippen molar-refractivity contribution >= 4 is 33.4 Å². The van der Waals surface area contributed by atoms with E-state index < -0.39 is 0 Å². The molecule has 6 heteroatoms. The summed E-state index contributed by atoms with van der Waals surface area (Å²) in [6.45, 7) is 1.25. The minimum atomic E-state index is -0.0139. The Balaban J connectivity index is 1.67. The van der Waals surface area contributed by atoms with Crippen molar-refractivity contribution in [2.24, 2.45) is 0 Å². The van der Waals surface area contributed by atoms with Crippen LogP contribution in [0.4, 0.5) is 0 Å². The smallest absolute Gasteiger partial charge is 0.250 e. The average molecular weight is 398 g/mol. The van der Waals surface area contributed by atoms with Crippen molar-refractivity contribution in [3.63, 3.8) is 0 Å². The van der Waals surface area contributed by atoms with Crippen molar-refractivity contribution < 1.29 is 4.79 Å². The van der Waals surface area contributed by atoms with Crippen LogP contribution in [0.2, 0.25) is 5.02 Å². The first-order valence-electron chi connectivity index (χ1n) is 7.42. The number of pyridine rings is 1. The molecule has 122 valence electrons. The Morgan fingerprint density at radius 3 is 2.61 bits per heavy atom. The van der Waals surface area contributed by atoms with Crippen molar-refractivity contribution in [1.82, 2.24) is 9.88 Å². The summed E-state index contributed by atoms with van der Waals surface area (Å²) in [4.78, 5) is 23.5. The van der Waals surface area contributed by atoms with Crippen LogP contribution in [-0.4, -0.2) is 17.0 Å². The van der Waals surface area contributed by atoms with Gasteiger partial charge in [-0.05, 0) is 52.5 Å².